The van der Waals surface area contributed by atoms with Crippen LogP contribution in [0.2, 0.25) is 0 Å². The largest absolute Gasteiger partial charge is 1.00 e. The molecule has 0 fully saturated rings. The number of unbranched alkanes of at least 4 members (excludes halogenated alkanes) is 1. The van der Waals surface area contributed by atoms with Crippen molar-refractivity contribution in [1.82, 2.24) is 0 Å². The number of carbonyl (C=O) groups is 1. The minimum Gasteiger partial charge on any atom is -1.00 e. The Kier molecular flexibility index (Phi) is 7.63. The third-order valence-corrected chi connectivity index (χ3v) is 2.58. The lowest BCUT2D eigenvalue weighted by molar-refractivity contribution is -0.870. The molecule has 0 heterocycles. The van der Waals surface area contributed by atoms with Crippen LogP contribution in [-0.2, 0) is 0 Å². The van der Waals surface area contributed by atoms with Gasteiger partial charge in [-0.1, -0.05) is 30.3 Å². The number of halogens is 1. The Hall–Kier alpha value is -0.420. The van der Waals surface area contributed by atoms with Gasteiger partial charge in [-0.3, -0.25) is 4.79 Å². The molecule has 1 aromatic carbocycles. The molecule has 0 saturated carbocycles. The summed E-state index contributed by atoms with van der Waals surface area (Å²) in [6, 6.07) is 9.55. The molecule has 0 unspecified atom stereocenters. The van der Waals surface area contributed by atoms with E-state index in [-0.39, 0.29) is 29.8 Å². The molecule has 0 aliphatic heterocycles. The molecule has 0 bridgehead atoms. The van der Waals surface area contributed by atoms with Gasteiger partial charge in [-0.15, -0.1) is 0 Å². The molecule has 2 nitrogen and oxygen atoms in total. The Morgan fingerprint density at radius 3 is 2.18 bits per heavy atom. The van der Waals surface area contributed by atoms with Crippen LogP contribution >= 0.6 is 0 Å². The van der Waals surface area contributed by atoms with Crippen molar-refractivity contribution in [3.8, 4) is 0 Å². The third kappa shape index (κ3) is 7.49. The van der Waals surface area contributed by atoms with Crippen LogP contribution in [-0.4, -0.2) is 38.0 Å². The standard InChI is InChI=1S/C14H22NO.HI/c1-15(2,3)12-8-7-11-14(16)13-9-5-4-6-10-13;/h4-6,9-10H,7-8,11-12H2,1-3H3;1H/q+1;/p-1. The fourth-order valence-corrected chi connectivity index (χ4v) is 1.64. The van der Waals surface area contributed by atoms with Crippen LogP contribution in [0.1, 0.15) is 29.6 Å². The van der Waals surface area contributed by atoms with Crippen LogP contribution in [0.4, 0.5) is 0 Å². The molecule has 17 heavy (non-hydrogen) atoms. The third-order valence-electron chi connectivity index (χ3n) is 2.58. The van der Waals surface area contributed by atoms with Crippen molar-refractivity contribution in [3.05, 3.63) is 35.9 Å². The lowest BCUT2D eigenvalue weighted by atomic mass is 10.1. The maximum Gasteiger partial charge on any atom is 0.162 e. The molecule has 0 aliphatic carbocycles. The van der Waals surface area contributed by atoms with E-state index in [2.05, 4.69) is 21.1 Å². The summed E-state index contributed by atoms with van der Waals surface area (Å²) in [6.07, 6.45) is 2.77. The number of benzene rings is 1. The minimum atomic E-state index is 0. The second-order valence-corrected chi connectivity index (χ2v) is 5.26. The molecule has 0 radical (unpaired) electrons. The lowest BCUT2D eigenvalue weighted by Crippen LogP contribution is -3.00. The Morgan fingerprint density at radius 2 is 1.65 bits per heavy atom. The van der Waals surface area contributed by atoms with E-state index in [1.165, 1.54) is 0 Å². The summed E-state index contributed by atoms with van der Waals surface area (Å²) < 4.78 is 0.972. The molecule has 0 N–H and O–H groups in total. The normalized spacial score (nSPS) is 10.8. The van der Waals surface area contributed by atoms with Crippen molar-refractivity contribution < 1.29 is 33.3 Å². The molecule has 0 saturated heterocycles. The number of hydrogen-bond acceptors (Lipinski definition) is 1. The van der Waals surface area contributed by atoms with E-state index in [0.29, 0.717) is 6.42 Å². The zero-order valence-electron chi connectivity index (χ0n) is 10.9. The highest BCUT2D eigenvalue weighted by Crippen LogP contribution is 2.07. The molecule has 0 spiro atoms. The highest BCUT2D eigenvalue weighted by atomic mass is 127. The Morgan fingerprint density at radius 1 is 1.06 bits per heavy atom. The molecule has 96 valence electrons. The maximum absolute atomic E-state index is 11.8. The van der Waals surface area contributed by atoms with Gasteiger partial charge >= 0.3 is 0 Å². The lowest BCUT2D eigenvalue weighted by Gasteiger charge is -2.23. The summed E-state index contributed by atoms with van der Waals surface area (Å²) in [5.41, 5.74) is 0.841. The number of Topliss-reactive ketones (excluding diaryl/α,β-unsaturated/α-hetero) is 1. The Balaban J connectivity index is 0.00000256. The van der Waals surface area contributed by atoms with E-state index in [4.69, 9.17) is 0 Å². The molecule has 1 aromatic rings. The first kappa shape index (κ1) is 16.6. The molecule has 3 heteroatoms. The highest BCUT2D eigenvalue weighted by Gasteiger charge is 2.08. The van der Waals surface area contributed by atoms with Crippen LogP contribution < -0.4 is 24.0 Å². The van der Waals surface area contributed by atoms with Crippen molar-refractivity contribution >= 4 is 5.78 Å². The molecule has 0 aromatic heterocycles. The van der Waals surface area contributed by atoms with Crippen molar-refractivity contribution in [2.75, 3.05) is 27.7 Å². The average molecular weight is 347 g/mol. The van der Waals surface area contributed by atoms with Gasteiger partial charge in [0, 0.05) is 12.0 Å². The number of rotatable bonds is 6. The topological polar surface area (TPSA) is 17.1 Å². The predicted molar refractivity (Wildman–Crippen MR) is 67.5 cm³/mol. The monoisotopic (exact) mass is 347 g/mol. The van der Waals surface area contributed by atoms with Crippen molar-refractivity contribution in [1.29, 1.82) is 0 Å². The molecule has 0 amide bonds. The van der Waals surface area contributed by atoms with Crippen LogP contribution in [0.3, 0.4) is 0 Å². The van der Waals surface area contributed by atoms with Gasteiger partial charge in [0.1, 0.15) is 0 Å². The zero-order chi connectivity index (χ0) is 12.0. The molecule has 0 aliphatic rings. The summed E-state index contributed by atoms with van der Waals surface area (Å²) in [7, 11) is 6.54. The molecule has 1 rings (SSSR count). The molecule has 0 atom stereocenters. The fraction of sp³-hybridized carbons (Fsp3) is 0.500. The van der Waals surface area contributed by atoms with Crippen LogP contribution in [0.25, 0.3) is 0 Å². The van der Waals surface area contributed by atoms with Crippen LogP contribution in [0.15, 0.2) is 30.3 Å². The van der Waals surface area contributed by atoms with Gasteiger partial charge in [-0.25, -0.2) is 0 Å². The summed E-state index contributed by atoms with van der Waals surface area (Å²) in [6.45, 7) is 1.13. The first-order chi connectivity index (χ1) is 7.49. The van der Waals surface area contributed by atoms with Gasteiger partial charge in [0.25, 0.3) is 0 Å². The number of ketones is 1. The molecular formula is C14H22INO. The number of nitrogens with zero attached hydrogens (tertiary/aromatic N) is 1. The van der Waals surface area contributed by atoms with E-state index in [9.17, 15) is 4.79 Å². The minimum absolute atomic E-state index is 0. The van der Waals surface area contributed by atoms with E-state index in [0.717, 1.165) is 29.4 Å². The van der Waals surface area contributed by atoms with Crippen molar-refractivity contribution in [3.63, 3.8) is 0 Å². The quantitative estimate of drug-likeness (QED) is 0.300. The summed E-state index contributed by atoms with van der Waals surface area (Å²) in [5.74, 6) is 0.266. The number of carbonyl (C=O) groups excluding carboxylic acids is 1. The van der Waals surface area contributed by atoms with Crippen molar-refractivity contribution in [2.24, 2.45) is 0 Å². The van der Waals surface area contributed by atoms with Gasteiger partial charge in [0.05, 0.1) is 27.7 Å². The maximum atomic E-state index is 11.8. The van der Waals surface area contributed by atoms with E-state index >= 15 is 0 Å². The zero-order valence-corrected chi connectivity index (χ0v) is 13.1. The molecular weight excluding hydrogens is 325 g/mol. The van der Waals surface area contributed by atoms with E-state index < -0.39 is 0 Å². The van der Waals surface area contributed by atoms with Gasteiger partial charge in [-0.05, 0) is 12.8 Å². The fourth-order valence-electron chi connectivity index (χ4n) is 1.64. The van der Waals surface area contributed by atoms with Crippen LogP contribution in [0.5, 0.6) is 0 Å². The van der Waals surface area contributed by atoms with Gasteiger partial charge in [0.2, 0.25) is 0 Å². The van der Waals surface area contributed by atoms with Gasteiger partial charge in [-0.2, -0.15) is 0 Å². The smallest absolute Gasteiger partial charge is 0.162 e. The second-order valence-electron chi connectivity index (χ2n) is 5.26. The second kappa shape index (κ2) is 7.82. The first-order valence-corrected chi connectivity index (χ1v) is 5.88. The summed E-state index contributed by atoms with van der Waals surface area (Å²) in [5, 5.41) is 0. The average Bonchev–Trinajstić information content (AvgIpc) is 2.24. The Labute approximate surface area is 122 Å². The summed E-state index contributed by atoms with van der Waals surface area (Å²) >= 11 is 0. The SMILES string of the molecule is C[N+](C)(C)CCCCC(=O)c1ccccc1.[I-]. The van der Waals surface area contributed by atoms with E-state index in [1.807, 2.05) is 30.3 Å². The Bertz CT molecular complexity index is 330. The highest BCUT2D eigenvalue weighted by molar-refractivity contribution is 5.95. The van der Waals surface area contributed by atoms with Crippen molar-refractivity contribution in [2.45, 2.75) is 19.3 Å². The predicted octanol–water partition coefficient (Wildman–Crippen LogP) is -0.250. The number of hydrogen-bond donors (Lipinski definition) is 0. The van der Waals surface area contributed by atoms with Gasteiger partial charge < -0.3 is 28.5 Å². The number of quaternary nitrogens is 1. The first-order valence-electron chi connectivity index (χ1n) is 5.88. The van der Waals surface area contributed by atoms with Gasteiger partial charge in [0.15, 0.2) is 5.78 Å². The summed E-state index contributed by atoms with van der Waals surface area (Å²) in [4.78, 5) is 11.8. The van der Waals surface area contributed by atoms with E-state index in [1.54, 1.807) is 0 Å². The van der Waals surface area contributed by atoms with Crippen LogP contribution in [0, 0.1) is 0 Å².